The van der Waals surface area contributed by atoms with E-state index in [0.717, 1.165) is 5.92 Å². The number of rotatable bonds is 0. The molecule has 2 aliphatic rings. The highest BCUT2D eigenvalue weighted by atomic mass is 14.5. The summed E-state index contributed by atoms with van der Waals surface area (Å²) in [6, 6.07) is 0. The molecule has 2 unspecified atom stereocenters. The minimum absolute atomic E-state index is 0.705. The lowest BCUT2D eigenvalue weighted by Crippen LogP contribution is -2.31. The molecule has 0 heteroatoms. The van der Waals surface area contributed by atoms with E-state index in [2.05, 4.69) is 13.5 Å². The van der Waals surface area contributed by atoms with Crippen LogP contribution in [0.15, 0.2) is 12.2 Å². The van der Waals surface area contributed by atoms with Crippen LogP contribution in [0.25, 0.3) is 0 Å². The summed E-state index contributed by atoms with van der Waals surface area (Å²) in [5.41, 5.74) is 2.21. The second-order valence-electron chi connectivity index (χ2n) is 4.02. The molecule has 2 atom stereocenters. The molecule has 50 valence electrons. The minimum atomic E-state index is 0.705. The Morgan fingerprint density at radius 1 is 1.67 bits per heavy atom. The van der Waals surface area contributed by atoms with Crippen molar-refractivity contribution in [1.29, 1.82) is 0 Å². The van der Waals surface area contributed by atoms with Crippen molar-refractivity contribution in [2.45, 2.75) is 32.6 Å². The molecule has 0 saturated heterocycles. The molecule has 2 rings (SSSR count). The standard InChI is InChI=1S/C9H14/c1-7-5-8-3-4-9(8,2)6-7/h8H,1,3-6H2,2H3. The molecule has 0 amide bonds. The third kappa shape index (κ3) is 0.593. The fraction of sp³-hybridized carbons (Fsp3) is 0.778. The summed E-state index contributed by atoms with van der Waals surface area (Å²) < 4.78 is 0. The maximum absolute atomic E-state index is 4.04. The van der Waals surface area contributed by atoms with Gasteiger partial charge < -0.3 is 0 Å². The van der Waals surface area contributed by atoms with Gasteiger partial charge in [0.15, 0.2) is 0 Å². The van der Waals surface area contributed by atoms with Crippen molar-refractivity contribution in [1.82, 2.24) is 0 Å². The number of hydrogen-bond acceptors (Lipinski definition) is 0. The van der Waals surface area contributed by atoms with Crippen LogP contribution in [-0.4, -0.2) is 0 Å². The Bertz CT molecular complexity index is 157. The van der Waals surface area contributed by atoms with Crippen molar-refractivity contribution < 1.29 is 0 Å². The fourth-order valence-electron chi connectivity index (χ4n) is 2.41. The Morgan fingerprint density at radius 3 is 2.67 bits per heavy atom. The van der Waals surface area contributed by atoms with Gasteiger partial charge in [0, 0.05) is 0 Å². The van der Waals surface area contributed by atoms with Gasteiger partial charge in [0.2, 0.25) is 0 Å². The molecule has 0 aromatic rings. The summed E-state index contributed by atoms with van der Waals surface area (Å²) in [7, 11) is 0. The summed E-state index contributed by atoms with van der Waals surface area (Å²) in [6.07, 6.45) is 5.57. The van der Waals surface area contributed by atoms with Crippen molar-refractivity contribution in [2.24, 2.45) is 11.3 Å². The molecule has 0 nitrogen and oxygen atoms in total. The van der Waals surface area contributed by atoms with E-state index in [1.807, 2.05) is 0 Å². The third-order valence-corrected chi connectivity index (χ3v) is 3.24. The van der Waals surface area contributed by atoms with Crippen molar-refractivity contribution in [3.8, 4) is 0 Å². The van der Waals surface area contributed by atoms with Gasteiger partial charge in [-0.3, -0.25) is 0 Å². The maximum atomic E-state index is 4.04. The van der Waals surface area contributed by atoms with E-state index >= 15 is 0 Å². The first-order valence-electron chi connectivity index (χ1n) is 3.87. The number of fused-ring (bicyclic) bond motifs is 1. The predicted molar refractivity (Wildman–Crippen MR) is 39.2 cm³/mol. The smallest absolute Gasteiger partial charge is 0.0257 e. The average Bonchev–Trinajstić information content (AvgIpc) is 1.94. The fourth-order valence-corrected chi connectivity index (χ4v) is 2.41. The minimum Gasteiger partial charge on any atom is -0.0998 e. The van der Waals surface area contributed by atoms with Crippen molar-refractivity contribution in [3.05, 3.63) is 12.2 Å². The summed E-state index contributed by atoms with van der Waals surface area (Å²) in [5, 5.41) is 0. The van der Waals surface area contributed by atoms with Crippen LogP contribution in [0.1, 0.15) is 32.6 Å². The second-order valence-corrected chi connectivity index (χ2v) is 4.02. The van der Waals surface area contributed by atoms with Gasteiger partial charge in [0.1, 0.15) is 0 Å². The first kappa shape index (κ1) is 5.52. The van der Waals surface area contributed by atoms with Crippen LogP contribution < -0.4 is 0 Å². The largest absolute Gasteiger partial charge is 0.0998 e. The zero-order chi connectivity index (χ0) is 6.48. The molecule has 9 heavy (non-hydrogen) atoms. The van der Waals surface area contributed by atoms with E-state index < -0.39 is 0 Å². The van der Waals surface area contributed by atoms with E-state index in [9.17, 15) is 0 Å². The van der Waals surface area contributed by atoms with Crippen LogP contribution >= 0.6 is 0 Å². The number of allylic oxidation sites excluding steroid dienone is 1. The van der Waals surface area contributed by atoms with E-state index in [1.54, 1.807) is 0 Å². The highest BCUT2D eigenvalue weighted by Gasteiger charge is 2.46. The Balaban J connectivity index is 2.20. The first-order chi connectivity index (χ1) is 4.21. The highest BCUT2D eigenvalue weighted by molar-refractivity contribution is 5.14. The molecule has 0 aromatic heterocycles. The first-order valence-corrected chi connectivity index (χ1v) is 3.87. The molecule has 0 aromatic carbocycles. The SMILES string of the molecule is C=C1CC2CCC2(C)C1. The Kier molecular flexibility index (Phi) is 0.870. The van der Waals surface area contributed by atoms with Gasteiger partial charge in [0.05, 0.1) is 0 Å². The van der Waals surface area contributed by atoms with E-state index in [4.69, 9.17) is 0 Å². The zero-order valence-electron chi connectivity index (χ0n) is 6.11. The van der Waals surface area contributed by atoms with Crippen LogP contribution in [0.5, 0.6) is 0 Å². The van der Waals surface area contributed by atoms with Crippen molar-refractivity contribution in [3.63, 3.8) is 0 Å². The lowest BCUT2D eigenvalue weighted by molar-refractivity contribution is 0.0886. The third-order valence-electron chi connectivity index (χ3n) is 3.24. The van der Waals surface area contributed by atoms with Crippen molar-refractivity contribution >= 4 is 0 Å². The molecule has 0 spiro atoms. The Morgan fingerprint density at radius 2 is 2.44 bits per heavy atom. The molecule has 2 fully saturated rings. The molecule has 0 bridgehead atoms. The lowest BCUT2D eigenvalue weighted by atomic mass is 9.64. The zero-order valence-corrected chi connectivity index (χ0v) is 6.11. The molecule has 0 heterocycles. The summed E-state index contributed by atoms with van der Waals surface area (Å²) in [6.45, 7) is 6.46. The van der Waals surface area contributed by atoms with Gasteiger partial charge in [-0.15, -0.1) is 0 Å². The topological polar surface area (TPSA) is 0 Å². The van der Waals surface area contributed by atoms with Crippen LogP contribution in [0, 0.1) is 11.3 Å². The van der Waals surface area contributed by atoms with Gasteiger partial charge in [0.25, 0.3) is 0 Å². The molecule has 0 aliphatic heterocycles. The second kappa shape index (κ2) is 1.42. The molecule has 0 N–H and O–H groups in total. The van der Waals surface area contributed by atoms with Gasteiger partial charge in [-0.2, -0.15) is 0 Å². The predicted octanol–water partition coefficient (Wildman–Crippen LogP) is 2.75. The molecule has 2 saturated carbocycles. The quantitative estimate of drug-likeness (QED) is 0.433. The average molecular weight is 122 g/mol. The molecular formula is C9H14. The van der Waals surface area contributed by atoms with Crippen LogP contribution in [0.4, 0.5) is 0 Å². The van der Waals surface area contributed by atoms with Gasteiger partial charge in [-0.05, 0) is 37.0 Å². The number of hydrogen-bond donors (Lipinski definition) is 0. The van der Waals surface area contributed by atoms with Gasteiger partial charge in [-0.1, -0.05) is 19.1 Å². The normalized spacial score (nSPS) is 48.6. The van der Waals surface area contributed by atoms with Crippen LogP contribution in [-0.2, 0) is 0 Å². The highest BCUT2D eigenvalue weighted by Crippen LogP contribution is 2.58. The van der Waals surface area contributed by atoms with E-state index in [0.29, 0.717) is 5.41 Å². The van der Waals surface area contributed by atoms with Crippen LogP contribution in [0.2, 0.25) is 0 Å². The summed E-state index contributed by atoms with van der Waals surface area (Å²) >= 11 is 0. The molecular weight excluding hydrogens is 108 g/mol. The summed E-state index contributed by atoms with van der Waals surface area (Å²) in [4.78, 5) is 0. The van der Waals surface area contributed by atoms with Gasteiger partial charge in [-0.25, -0.2) is 0 Å². The summed E-state index contributed by atoms with van der Waals surface area (Å²) in [5.74, 6) is 1.02. The van der Waals surface area contributed by atoms with Gasteiger partial charge >= 0.3 is 0 Å². The molecule has 0 radical (unpaired) electrons. The van der Waals surface area contributed by atoms with Crippen LogP contribution in [0.3, 0.4) is 0 Å². The Hall–Kier alpha value is -0.260. The van der Waals surface area contributed by atoms with E-state index in [-0.39, 0.29) is 0 Å². The monoisotopic (exact) mass is 122 g/mol. The maximum Gasteiger partial charge on any atom is -0.0257 e. The van der Waals surface area contributed by atoms with Crippen molar-refractivity contribution in [2.75, 3.05) is 0 Å². The van der Waals surface area contributed by atoms with E-state index in [1.165, 1.54) is 31.3 Å². The molecule has 2 aliphatic carbocycles. The Labute approximate surface area is 57.0 Å². The lowest BCUT2D eigenvalue weighted by Gasteiger charge is -2.41.